The van der Waals surface area contributed by atoms with Crippen LogP contribution in [0.3, 0.4) is 0 Å². The fourth-order valence-corrected chi connectivity index (χ4v) is 8.05. The normalized spacial score (nSPS) is 22.8. The summed E-state index contributed by atoms with van der Waals surface area (Å²) in [5.74, 6) is 4.16. The summed E-state index contributed by atoms with van der Waals surface area (Å²) in [6.07, 6.45) is 11.1. The molecular formula is C32H41N7O4S. The van der Waals surface area contributed by atoms with Gasteiger partial charge in [-0.3, -0.25) is 4.79 Å². The number of hydrogen-bond donors (Lipinski definition) is 2. The first kappa shape index (κ1) is 29.1. The summed E-state index contributed by atoms with van der Waals surface area (Å²) in [4.78, 5) is 25.0. The molecule has 2 saturated carbocycles. The maximum Gasteiger partial charge on any atom is 0.281 e. The minimum absolute atomic E-state index is 0.185. The van der Waals surface area contributed by atoms with Crippen molar-refractivity contribution in [3.8, 4) is 11.7 Å². The third-order valence-corrected chi connectivity index (χ3v) is 10.8. The van der Waals surface area contributed by atoms with Crippen LogP contribution in [0.25, 0.3) is 5.82 Å². The van der Waals surface area contributed by atoms with Gasteiger partial charge >= 0.3 is 0 Å². The Hall–Kier alpha value is -3.67. The van der Waals surface area contributed by atoms with Crippen LogP contribution >= 0.6 is 0 Å². The van der Waals surface area contributed by atoms with Crippen LogP contribution in [-0.2, 0) is 10.0 Å². The van der Waals surface area contributed by atoms with E-state index in [1.807, 2.05) is 12.3 Å². The average molecular weight is 620 g/mol. The zero-order chi connectivity index (χ0) is 30.5. The predicted molar refractivity (Wildman–Crippen MR) is 167 cm³/mol. The summed E-state index contributed by atoms with van der Waals surface area (Å²) in [6.45, 7) is 6.32. The molecule has 234 valence electrons. The van der Waals surface area contributed by atoms with Crippen LogP contribution in [0.15, 0.2) is 47.6 Å². The summed E-state index contributed by atoms with van der Waals surface area (Å²) in [7, 11) is -4.22. The standard InChI is InChI=1S/C32H41N7O4S/c1-32(2)19-21-5-4-16-33-26-6-3-7-29(34-26)44(41,42)37-31(40)25-12-13-27(35-30(25)38(32)20-21)39-17-14-28(36-39)43-18-15-24(22-8-9-22)23-10-11-23/h3,6-7,12-14,17,21-24H,4-5,8-11,15-16,18-20H2,1-2H3,(H,33,34)(H,37,40). The molecule has 4 aliphatic rings. The Morgan fingerprint density at radius 2 is 1.84 bits per heavy atom. The van der Waals surface area contributed by atoms with Crippen LogP contribution in [0.5, 0.6) is 5.88 Å². The molecule has 1 unspecified atom stereocenters. The highest BCUT2D eigenvalue weighted by molar-refractivity contribution is 7.90. The SMILES string of the molecule is CC1(C)CC2CCCNc3cccc(n3)S(=O)(=O)NC(=O)c3ccc(-n4ccc(OCCC(C5CC5)C5CC5)n4)nc3N1C2. The van der Waals surface area contributed by atoms with Crippen LogP contribution in [-0.4, -0.2) is 59.3 Å². The van der Waals surface area contributed by atoms with Gasteiger partial charge in [-0.25, -0.2) is 19.4 Å². The Bertz CT molecular complexity index is 1640. The van der Waals surface area contributed by atoms with Gasteiger partial charge in [0.25, 0.3) is 15.9 Å². The van der Waals surface area contributed by atoms with Gasteiger partial charge in [-0.15, -0.1) is 5.10 Å². The molecule has 2 aliphatic carbocycles. The first-order valence-corrected chi connectivity index (χ1v) is 17.4. The number of nitrogens with zero attached hydrogens (tertiary/aromatic N) is 5. The van der Waals surface area contributed by atoms with E-state index in [0.29, 0.717) is 48.9 Å². The lowest BCUT2D eigenvalue weighted by Crippen LogP contribution is -2.41. The number of carbonyl (C=O) groups is 1. The summed E-state index contributed by atoms with van der Waals surface area (Å²) >= 11 is 0. The maximum atomic E-state index is 13.6. The van der Waals surface area contributed by atoms with E-state index < -0.39 is 15.9 Å². The van der Waals surface area contributed by atoms with E-state index >= 15 is 0 Å². The molecule has 3 aromatic heterocycles. The van der Waals surface area contributed by atoms with Crippen LogP contribution in [0.1, 0.15) is 75.6 Å². The fraction of sp³-hybridized carbons (Fsp3) is 0.562. The third kappa shape index (κ3) is 6.13. The van der Waals surface area contributed by atoms with Crippen molar-refractivity contribution >= 4 is 27.6 Å². The van der Waals surface area contributed by atoms with Crippen molar-refractivity contribution in [3.05, 3.63) is 48.2 Å². The lowest BCUT2D eigenvalue weighted by Gasteiger charge is -2.34. The number of amides is 1. The van der Waals surface area contributed by atoms with E-state index in [9.17, 15) is 13.2 Å². The molecule has 2 aliphatic heterocycles. The zero-order valence-electron chi connectivity index (χ0n) is 25.4. The van der Waals surface area contributed by atoms with Crippen molar-refractivity contribution in [1.29, 1.82) is 0 Å². The number of aromatic nitrogens is 4. The van der Waals surface area contributed by atoms with Crippen LogP contribution in [0.2, 0.25) is 0 Å². The summed E-state index contributed by atoms with van der Waals surface area (Å²) < 4.78 is 36.4. The summed E-state index contributed by atoms with van der Waals surface area (Å²) in [5.41, 5.74) is -0.108. The van der Waals surface area contributed by atoms with Crippen molar-refractivity contribution in [2.75, 3.05) is 29.9 Å². The predicted octanol–water partition coefficient (Wildman–Crippen LogP) is 4.80. The molecule has 1 saturated heterocycles. The van der Waals surface area contributed by atoms with Gasteiger partial charge in [0, 0.05) is 30.9 Å². The molecule has 3 aromatic rings. The number of carbonyl (C=O) groups excluding carboxylic acids is 1. The van der Waals surface area contributed by atoms with Gasteiger partial charge in [-0.05, 0) is 113 Å². The summed E-state index contributed by atoms with van der Waals surface area (Å²) in [5, 5.41) is 7.65. The molecule has 5 heterocycles. The maximum absolute atomic E-state index is 13.6. The molecule has 1 atom stereocenters. The number of sulfonamides is 1. The van der Waals surface area contributed by atoms with Crippen molar-refractivity contribution in [3.63, 3.8) is 0 Å². The van der Waals surface area contributed by atoms with Gasteiger partial charge < -0.3 is 15.0 Å². The molecule has 11 nitrogen and oxygen atoms in total. The number of anilines is 2. The minimum atomic E-state index is -4.22. The van der Waals surface area contributed by atoms with Gasteiger partial charge in [-0.2, -0.15) is 8.42 Å². The van der Waals surface area contributed by atoms with E-state index in [1.54, 1.807) is 28.9 Å². The van der Waals surface area contributed by atoms with Crippen LogP contribution in [0, 0.1) is 23.7 Å². The van der Waals surface area contributed by atoms with Crippen LogP contribution in [0.4, 0.5) is 11.6 Å². The van der Waals surface area contributed by atoms with Crippen LogP contribution < -0.4 is 19.7 Å². The Morgan fingerprint density at radius 3 is 2.61 bits per heavy atom. The molecule has 0 spiro atoms. The number of pyridine rings is 2. The van der Waals surface area contributed by atoms with E-state index in [1.165, 1.54) is 31.7 Å². The van der Waals surface area contributed by atoms with E-state index in [2.05, 4.69) is 38.9 Å². The Kier molecular flexibility index (Phi) is 7.50. The number of fused-ring (bicyclic) bond motifs is 6. The molecule has 0 aromatic carbocycles. The van der Waals surface area contributed by atoms with Gasteiger partial charge in [0.2, 0.25) is 5.88 Å². The number of rotatable bonds is 7. The van der Waals surface area contributed by atoms with Crippen molar-refractivity contribution in [2.45, 2.75) is 75.8 Å². The highest BCUT2D eigenvalue weighted by Gasteiger charge is 2.42. The lowest BCUT2D eigenvalue weighted by atomic mass is 9.93. The van der Waals surface area contributed by atoms with Gasteiger partial charge in [0.15, 0.2) is 10.8 Å². The Labute approximate surface area is 258 Å². The molecule has 12 heteroatoms. The highest BCUT2D eigenvalue weighted by Crippen LogP contribution is 2.50. The second-order valence-corrected chi connectivity index (χ2v) is 15.1. The average Bonchev–Trinajstić information content (AvgIpc) is 3.93. The van der Waals surface area contributed by atoms with Crippen molar-refractivity contribution in [1.82, 2.24) is 24.5 Å². The lowest BCUT2D eigenvalue weighted by molar-refractivity contribution is 0.0981. The smallest absolute Gasteiger partial charge is 0.281 e. The van der Waals surface area contributed by atoms with Crippen molar-refractivity contribution in [2.24, 2.45) is 23.7 Å². The monoisotopic (exact) mass is 619 g/mol. The molecular weight excluding hydrogens is 578 g/mol. The molecule has 44 heavy (non-hydrogen) atoms. The quantitative estimate of drug-likeness (QED) is 0.383. The Morgan fingerprint density at radius 1 is 1.05 bits per heavy atom. The highest BCUT2D eigenvalue weighted by atomic mass is 32.2. The number of ether oxygens (including phenoxy) is 1. The second-order valence-electron chi connectivity index (χ2n) is 13.5. The first-order chi connectivity index (χ1) is 21.2. The molecule has 4 bridgehead atoms. The Balaban J connectivity index is 1.17. The largest absolute Gasteiger partial charge is 0.477 e. The third-order valence-electron chi connectivity index (χ3n) is 9.60. The summed E-state index contributed by atoms with van der Waals surface area (Å²) in [6, 6.07) is 9.88. The molecule has 3 fully saturated rings. The second kappa shape index (κ2) is 11.4. The number of nitrogens with one attached hydrogen (secondary N) is 2. The van der Waals surface area contributed by atoms with Crippen molar-refractivity contribution < 1.29 is 17.9 Å². The van der Waals surface area contributed by atoms with Gasteiger partial charge in [-0.1, -0.05) is 6.07 Å². The zero-order valence-corrected chi connectivity index (χ0v) is 26.2. The van der Waals surface area contributed by atoms with E-state index in [-0.39, 0.29) is 16.1 Å². The molecule has 7 rings (SSSR count). The van der Waals surface area contributed by atoms with E-state index in [4.69, 9.17) is 9.72 Å². The van der Waals surface area contributed by atoms with E-state index in [0.717, 1.165) is 43.4 Å². The topological polar surface area (TPSA) is 131 Å². The molecule has 0 radical (unpaired) electrons. The fourth-order valence-electron chi connectivity index (χ4n) is 7.12. The first-order valence-electron chi connectivity index (χ1n) is 15.9. The molecule has 2 N–H and O–H groups in total. The number of hydrogen-bond acceptors (Lipinski definition) is 9. The molecule has 1 amide bonds. The van der Waals surface area contributed by atoms with Gasteiger partial charge in [0.1, 0.15) is 11.6 Å². The van der Waals surface area contributed by atoms with Gasteiger partial charge in [0.05, 0.1) is 12.2 Å². The minimum Gasteiger partial charge on any atom is -0.477 e.